The van der Waals surface area contributed by atoms with Crippen molar-refractivity contribution in [1.82, 2.24) is 24.6 Å². The average molecular weight is 402 g/mol. The molecule has 1 N–H and O–H groups in total. The van der Waals surface area contributed by atoms with E-state index in [1.165, 1.54) is 17.7 Å². The number of likely N-dealkylation sites (tertiary alicyclic amines) is 1. The van der Waals surface area contributed by atoms with Crippen molar-refractivity contribution in [3.63, 3.8) is 0 Å². The summed E-state index contributed by atoms with van der Waals surface area (Å²) in [6.07, 6.45) is 4.21. The van der Waals surface area contributed by atoms with Gasteiger partial charge in [0, 0.05) is 18.5 Å². The van der Waals surface area contributed by atoms with Gasteiger partial charge in [0.1, 0.15) is 23.4 Å². The van der Waals surface area contributed by atoms with E-state index in [0.29, 0.717) is 37.0 Å². The summed E-state index contributed by atoms with van der Waals surface area (Å²) < 4.78 is 1.75. The number of rotatable bonds is 3. The molecule has 1 aliphatic carbocycles. The number of carbonyl (C=O) groups is 1. The van der Waals surface area contributed by atoms with Crippen LogP contribution < -0.4 is 0 Å². The van der Waals surface area contributed by atoms with Crippen LogP contribution in [0, 0.1) is 11.8 Å². The Bertz CT molecular complexity index is 924. The second-order valence-electron chi connectivity index (χ2n) is 7.23. The van der Waals surface area contributed by atoms with Gasteiger partial charge in [-0.2, -0.15) is 5.10 Å². The molecule has 3 aromatic heterocycles. The van der Waals surface area contributed by atoms with Gasteiger partial charge in [-0.3, -0.25) is 4.79 Å². The van der Waals surface area contributed by atoms with Crippen LogP contribution in [0.15, 0.2) is 35.5 Å². The molecule has 0 bridgehead atoms. The summed E-state index contributed by atoms with van der Waals surface area (Å²) in [5.41, 5.74) is 0.524. The fourth-order valence-electron chi connectivity index (χ4n) is 4.29. The van der Waals surface area contributed by atoms with E-state index < -0.39 is 6.10 Å². The van der Waals surface area contributed by atoms with Gasteiger partial charge in [0.05, 0.1) is 17.0 Å². The van der Waals surface area contributed by atoms with Crippen LogP contribution in [-0.4, -0.2) is 54.9 Å². The van der Waals surface area contributed by atoms with Gasteiger partial charge in [-0.1, -0.05) is 6.07 Å². The molecule has 0 spiro atoms. The molecule has 0 unspecified atom stereocenters. The third-order valence-electron chi connectivity index (χ3n) is 5.63. The molecule has 27 heavy (non-hydrogen) atoms. The van der Waals surface area contributed by atoms with Crippen LogP contribution in [0.3, 0.4) is 0 Å². The summed E-state index contributed by atoms with van der Waals surface area (Å²) in [5.74, 6) is 0.705. The van der Waals surface area contributed by atoms with E-state index in [-0.39, 0.29) is 11.9 Å². The summed E-state index contributed by atoms with van der Waals surface area (Å²) in [4.78, 5) is 24.5. The molecule has 0 aromatic carbocycles. The molecule has 9 heteroatoms. The minimum Gasteiger partial charge on any atom is -0.391 e. The Labute approximate surface area is 164 Å². The molecule has 1 saturated carbocycles. The van der Waals surface area contributed by atoms with Crippen LogP contribution >= 0.6 is 22.7 Å². The Hall–Kier alpha value is -2.10. The van der Waals surface area contributed by atoms with Gasteiger partial charge in [-0.25, -0.2) is 14.6 Å². The highest BCUT2D eigenvalue weighted by Crippen LogP contribution is 2.41. The smallest absolute Gasteiger partial charge is 0.273 e. The first-order chi connectivity index (χ1) is 13.2. The highest BCUT2D eigenvalue weighted by Gasteiger charge is 2.44. The Morgan fingerprint density at radius 1 is 1.22 bits per heavy atom. The van der Waals surface area contributed by atoms with Crippen molar-refractivity contribution in [1.29, 1.82) is 0 Å². The molecule has 2 aliphatic rings. The third-order valence-corrected chi connectivity index (χ3v) is 7.51. The molecule has 1 amide bonds. The van der Waals surface area contributed by atoms with Gasteiger partial charge < -0.3 is 10.0 Å². The number of thiazole rings is 1. The summed E-state index contributed by atoms with van der Waals surface area (Å²) in [7, 11) is 0. The molecule has 5 rings (SSSR count). The maximum Gasteiger partial charge on any atom is 0.273 e. The number of thiophene rings is 1. The first kappa shape index (κ1) is 17.0. The second-order valence-corrected chi connectivity index (χ2v) is 9.03. The third kappa shape index (κ3) is 3.09. The molecule has 4 heterocycles. The number of aliphatic hydroxyl groups is 1. The first-order valence-electron chi connectivity index (χ1n) is 9.00. The molecule has 3 aromatic rings. The Morgan fingerprint density at radius 3 is 2.81 bits per heavy atom. The van der Waals surface area contributed by atoms with Gasteiger partial charge >= 0.3 is 0 Å². The van der Waals surface area contributed by atoms with Crippen LogP contribution in [0.4, 0.5) is 0 Å². The number of fused-ring (bicyclic) bond motifs is 1. The van der Waals surface area contributed by atoms with Crippen molar-refractivity contribution >= 4 is 28.6 Å². The van der Waals surface area contributed by atoms with Crippen molar-refractivity contribution < 1.29 is 9.90 Å². The molecule has 0 radical (unpaired) electrons. The van der Waals surface area contributed by atoms with Crippen molar-refractivity contribution in [2.75, 3.05) is 13.1 Å². The maximum absolute atomic E-state index is 12.9. The van der Waals surface area contributed by atoms with E-state index in [1.807, 2.05) is 27.8 Å². The highest BCUT2D eigenvalue weighted by molar-refractivity contribution is 7.20. The lowest BCUT2D eigenvalue weighted by atomic mass is 9.77. The lowest BCUT2D eigenvalue weighted by molar-refractivity contribution is 0.0304. The molecular formula is C18H19N5O2S2. The average Bonchev–Trinajstić information content (AvgIpc) is 3.47. The Balaban J connectivity index is 1.30. The van der Waals surface area contributed by atoms with Crippen LogP contribution in [0.5, 0.6) is 0 Å². The number of aromatic nitrogens is 4. The number of carbonyl (C=O) groups excluding carboxylic acids is 1. The van der Waals surface area contributed by atoms with Crippen molar-refractivity contribution in [3.05, 3.63) is 41.2 Å². The zero-order valence-electron chi connectivity index (χ0n) is 14.5. The van der Waals surface area contributed by atoms with Gasteiger partial charge in [-0.05, 0) is 36.1 Å². The topological polar surface area (TPSA) is 84.1 Å². The summed E-state index contributed by atoms with van der Waals surface area (Å²) in [6, 6.07) is 3.95. The Kier molecular flexibility index (Phi) is 4.30. The number of amides is 1. The van der Waals surface area contributed by atoms with Crippen LogP contribution in [0.1, 0.15) is 29.4 Å². The zero-order valence-corrected chi connectivity index (χ0v) is 16.1. The fourth-order valence-corrected chi connectivity index (χ4v) is 5.90. The lowest BCUT2D eigenvalue weighted by Crippen LogP contribution is -2.36. The van der Waals surface area contributed by atoms with Gasteiger partial charge in [-0.15, -0.1) is 22.7 Å². The maximum atomic E-state index is 12.9. The highest BCUT2D eigenvalue weighted by atomic mass is 32.1. The molecular weight excluding hydrogens is 382 g/mol. The van der Waals surface area contributed by atoms with E-state index in [9.17, 15) is 9.90 Å². The first-order valence-corrected chi connectivity index (χ1v) is 10.8. The van der Waals surface area contributed by atoms with Gasteiger partial charge in [0.15, 0.2) is 0 Å². The fraction of sp³-hybridized carbons (Fsp3) is 0.444. The Morgan fingerprint density at radius 2 is 2.07 bits per heavy atom. The van der Waals surface area contributed by atoms with Crippen LogP contribution in [0.2, 0.25) is 0 Å². The minimum atomic E-state index is -0.451. The van der Waals surface area contributed by atoms with E-state index in [2.05, 4.69) is 15.1 Å². The van der Waals surface area contributed by atoms with E-state index in [1.54, 1.807) is 22.3 Å². The predicted octanol–water partition coefficient (Wildman–Crippen LogP) is 2.55. The van der Waals surface area contributed by atoms with Crippen molar-refractivity contribution in [3.8, 4) is 9.88 Å². The lowest BCUT2D eigenvalue weighted by Gasteiger charge is -2.34. The number of hydrogen-bond acceptors (Lipinski definition) is 7. The van der Waals surface area contributed by atoms with Crippen LogP contribution in [-0.2, 0) is 0 Å². The number of hydrogen-bond donors (Lipinski definition) is 1. The molecule has 4 atom stereocenters. The number of nitrogens with zero attached hydrogens (tertiary/aromatic N) is 5. The molecule has 140 valence electrons. The summed E-state index contributed by atoms with van der Waals surface area (Å²) >= 11 is 3.14. The second kappa shape index (κ2) is 6.81. The van der Waals surface area contributed by atoms with Crippen molar-refractivity contribution in [2.45, 2.75) is 25.0 Å². The largest absolute Gasteiger partial charge is 0.391 e. The van der Waals surface area contributed by atoms with Gasteiger partial charge in [0.2, 0.25) is 0 Å². The summed E-state index contributed by atoms with van der Waals surface area (Å²) in [6.45, 7) is 1.41. The molecule has 7 nitrogen and oxygen atoms in total. The van der Waals surface area contributed by atoms with E-state index in [0.717, 1.165) is 16.3 Å². The summed E-state index contributed by atoms with van der Waals surface area (Å²) in [5, 5.41) is 19.5. The monoisotopic (exact) mass is 401 g/mol. The predicted molar refractivity (Wildman–Crippen MR) is 103 cm³/mol. The van der Waals surface area contributed by atoms with E-state index in [4.69, 9.17) is 0 Å². The standard InChI is InChI=1S/C18H19N5O2S2/c24-15-5-12-7-22(6-11(12)4-14(15)23-10-19-9-20-23)18(25)13-8-27-17(21-13)16-2-1-3-26-16/h1-3,8-12,14-15,24H,4-7H2/t11-,12+,14-,15-/m1/s1. The SMILES string of the molecule is O=C(c1csc(-c2cccs2)n1)N1C[C@H]2C[C@@H](n3cncn3)[C@H](O)C[C@H]2C1. The van der Waals surface area contributed by atoms with Crippen molar-refractivity contribution in [2.24, 2.45) is 11.8 Å². The molecule has 1 saturated heterocycles. The number of aliphatic hydroxyl groups excluding tert-OH is 1. The zero-order chi connectivity index (χ0) is 18.4. The molecule has 1 aliphatic heterocycles. The molecule has 2 fully saturated rings. The van der Waals surface area contributed by atoms with Crippen LogP contribution in [0.25, 0.3) is 9.88 Å². The van der Waals surface area contributed by atoms with E-state index >= 15 is 0 Å². The normalized spacial score (nSPS) is 27.7. The minimum absolute atomic E-state index is 0.00440. The van der Waals surface area contributed by atoms with Gasteiger partial charge in [0.25, 0.3) is 5.91 Å². The quantitative estimate of drug-likeness (QED) is 0.729.